The van der Waals surface area contributed by atoms with Gasteiger partial charge in [0.1, 0.15) is 6.04 Å². The molecule has 7 nitrogen and oxygen atoms in total. The summed E-state index contributed by atoms with van der Waals surface area (Å²) in [5.74, 6) is -0.0582. The molecule has 1 spiro atoms. The van der Waals surface area contributed by atoms with E-state index in [1.54, 1.807) is 11.8 Å². The Morgan fingerprint density at radius 2 is 1.91 bits per heavy atom. The molecular formula is C26H40N4O3S. The maximum atomic E-state index is 13.3. The number of carboxylic acid groups (broad SMARTS) is 1. The lowest BCUT2D eigenvalue weighted by Crippen LogP contribution is -2.67. The van der Waals surface area contributed by atoms with Crippen molar-refractivity contribution in [2.75, 3.05) is 32.1 Å². The lowest BCUT2D eigenvalue weighted by atomic mass is 9.68. The van der Waals surface area contributed by atoms with Gasteiger partial charge in [0.25, 0.3) is 0 Å². The number of nitrogens with one attached hydrogen (secondary N) is 1. The van der Waals surface area contributed by atoms with Gasteiger partial charge in [-0.1, -0.05) is 43.7 Å². The van der Waals surface area contributed by atoms with E-state index in [0.717, 1.165) is 57.2 Å². The molecule has 1 atom stereocenters. The predicted molar refractivity (Wildman–Crippen MR) is 137 cm³/mol. The first kappa shape index (κ1) is 25.3. The molecule has 1 saturated heterocycles. The maximum absolute atomic E-state index is 13.3. The summed E-state index contributed by atoms with van der Waals surface area (Å²) in [7, 11) is 2.20. The molecule has 188 valence electrons. The van der Waals surface area contributed by atoms with Crippen LogP contribution in [-0.4, -0.2) is 81.8 Å². The molecule has 2 N–H and O–H groups in total. The zero-order valence-electron chi connectivity index (χ0n) is 20.8. The van der Waals surface area contributed by atoms with E-state index in [-0.39, 0.29) is 23.2 Å². The van der Waals surface area contributed by atoms with Gasteiger partial charge in [-0.3, -0.25) is 9.69 Å². The lowest BCUT2D eigenvalue weighted by molar-refractivity contribution is -0.171. The number of rotatable bonds is 10. The Hall–Kier alpha value is -1.77. The Kier molecular flexibility index (Phi) is 7.79. The summed E-state index contributed by atoms with van der Waals surface area (Å²) in [5, 5.41) is 17.2. The summed E-state index contributed by atoms with van der Waals surface area (Å²) < 4.78 is 0. The number of carbonyl (C=O) groups excluding carboxylic acids is 1. The molecule has 0 bridgehead atoms. The van der Waals surface area contributed by atoms with Crippen LogP contribution >= 0.6 is 11.8 Å². The second kappa shape index (κ2) is 10.5. The van der Waals surface area contributed by atoms with Crippen molar-refractivity contribution in [2.45, 2.75) is 81.5 Å². The first-order valence-corrected chi connectivity index (χ1v) is 14.1. The normalized spacial score (nSPS) is 28.4. The minimum absolute atomic E-state index is 0.0646. The van der Waals surface area contributed by atoms with E-state index in [9.17, 15) is 14.7 Å². The highest BCUT2D eigenvalue weighted by Gasteiger charge is 2.56. The quantitative estimate of drug-likeness (QED) is 0.515. The van der Waals surface area contributed by atoms with Crippen LogP contribution in [0.1, 0.15) is 63.9 Å². The molecule has 0 aromatic heterocycles. The molecule has 34 heavy (non-hydrogen) atoms. The van der Waals surface area contributed by atoms with Crippen molar-refractivity contribution < 1.29 is 14.7 Å². The summed E-state index contributed by atoms with van der Waals surface area (Å²) in [6.07, 6.45) is 9.13. The molecule has 1 aliphatic heterocycles. The highest BCUT2D eigenvalue weighted by atomic mass is 32.2. The van der Waals surface area contributed by atoms with E-state index in [1.807, 2.05) is 16.3 Å². The van der Waals surface area contributed by atoms with Gasteiger partial charge < -0.3 is 10.4 Å². The summed E-state index contributed by atoms with van der Waals surface area (Å²) >= 11 is 1.66. The monoisotopic (exact) mass is 488 g/mol. The van der Waals surface area contributed by atoms with Crippen LogP contribution in [-0.2, 0) is 10.3 Å². The van der Waals surface area contributed by atoms with Crippen molar-refractivity contribution in [3.8, 4) is 0 Å². The number of benzene rings is 1. The standard InChI is InChI=1S/C26H40N4O3S/c1-4-28(2)26(20-9-6-5-7-10-20)16-14-25(15-17-26)19-27-24(33)30(25)29(21-11-8-12-21)22(23(31)32)13-18-34-3/h5-7,9-10,21-22H,4,8,11-19H2,1-3H3,(H,27,33)(H,31,32)/t22-,25?,26?/m0/s1. The number of carboxylic acids is 1. The molecule has 2 amide bonds. The number of carbonyl (C=O) groups is 2. The number of aliphatic carboxylic acids is 1. The lowest BCUT2D eigenvalue weighted by Gasteiger charge is -2.55. The second-order valence-electron chi connectivity index (χ2n) is 10.2. The third kappa shape index (κ3) is 4.44. The minimum Gasteiger partial charge on any atom is -0.480 e. The molecule has 3 fully saturated rings. The molecular weight excluding hydrogens is 448 g/mol. The minimum atomic E-state index is -0.823. The molecule has 2 aliphatic carbocycles. The molecule has 0 unspecified atom stereocenters. The Morgan fingerprint density at radius 3 is 2.44 bits per heavy atom. The average Bonchev–Trinajstić information content (AvgIpc) is 3.13. The van der Waals surface area contributed by atoms with Crippen LogP contribution in [0.4, 0.5) is 4.79 Å². The van der Waals surface area contributed by atoms with Gasteiger partial charge in [0.2, 0.25) is 0 Å². The molecule has 3 aliphatic rings. The summed E-state index contributed by atoms with van der Waals surface area (Å²) in [6, 6.07) is 10.1. The van der Waals surface area contributed by atoms with Crippen LogP contribution in [0.25, 0.3) is 0 Å². The molecule has 0 radical (unpaired) electrons. The Bertz CT molecular complexity index is 855. The fourth-order valence-electron chi connectivity index (χ4n) is 6.22. The van der Waals surface area contributed by atoms with E-state index in [4.69, 9.17) is 0 Å². The number of hydrogen-bond donors (Lipinski definition) is 2. The van der Waals surface area contributed by atoms with Gasteiger partial charge >= 0.3 is 12.0 Å². The number of thioether (sulfide) groups is 1. The molecule has 8 heteroatoms. The highest BCUT2D eigenvalue weighted by Crippen LogP contribution is 2.49. The van der Waals surface area contributed by atoms with Gasteiger partial charge in [-0.2, -0.15) is 16.8 Å². The molecule has 1 aromatic rings. The average molecular weight is 489 g/mol. The van der Waals surface area contributed by atoms with Crippen molar-refractivity contribution >= 4 is 23.8 Å². The van der Waals surface area contributed by atoms with Gasteiger partial charge in [-0.05, 0) is 76.1 Å². The van der Waals surface area contributed by atoms with Crippen LogP contribution in [0, 0.1) is 0 Å². The van der Waals surface area contributed by atoms with Crippen molar-refractivity contribution in [1.29, 1.82) is 0 Å². The predicted octanol–water partition coefficient (Wildman–Crippen LogP) is 4.15. The van der Waals surface area contributed by atoms with Gasteiger partial charge in [0, 0.05) is 18.1 Å². The van der Waals surface area contributed by atoms with E-state index < -0.39 is 12.0 Å². The number of hydrazine groups is 1. The Balaban J connectivity index is 1.65. The third-order valence-electron chi connectivity index (χ3n) is 8.61. The number of hydrogen-bond acceptors (Lipinski definition) is 5. The summed E-state index contributed by atoms with van der Waals surface area (Å²) in [6.45, 7) is 3.74. The van der Waals surface area contributed by atoms with Crippen LogP contribution in [0.15, 0.2) is 30.3 Å². The van der Waals surface area contributed by atoms with Gasteiger partial charge in [0.15, 0.2) is 0 Å². The van der Waals surface area contributed by atoms with Crippen molar-refractivity contribution in [3.05, 3.63) is 35.9 Å². The number of urea groups is 1. The SMILES string of the molecule is CCN(C)C1(c2ccccc2)CCC2(CC1)CNC(=O)N2N(C1CCC1)[C@@H](CCSC)C(=O)O. The molecule has 2 saturated carbocycles. The van der Waals surface area contributed by atoms with Crippen molar-refractivity contribution in [2.24, 2.45) is 0 Å². The highest BCUT2D eigenvalue weighted by molar-refractivity contribution is 7.98. The zero-order chi connectivity index (χ0) is 24.3. The topological polar surface area (TPSA) is 76.1 Å². The second-order valence-corrected chi connectivity index (χ2v) is 11.2. The Labute approximate surface area is 208 Å². The zero-order valence-corrected chi connectivity index (χ0v) is 21.6. The fraction of sp³-hybridized carbons (Fsp3) is 0.692. The Morgan fingerprint density at radius 1 is 1.24 bits per heavy atom. The van der Waals surface area contributed by atoms with Crippen LogP contribution < -0.4 is 5.32 Å². The van der Waals surface area contributed by atoms with Crippen molar-refractivity contribution in [1.82, 2.24) is 20.2 Å². The van der Waals surface area contributed by atoms with E-state index >= 15 is 0 Å². The first-order chi connectivity index (χ1) is 16.4. The van der Waals surface area contributed by atoms with Gasteiger partial charge in [-0.25, -0.2) is 9.80 Å². The molecule has 4 rings (SSSR count). The number of nitrogens with zero attached hydrogens (tertiary/aromatic N) is 3. The number of amides is 2. The van der Waals surface area contributed by atoms with Crippen molar-refractivity contribution in [3.63, 3.8) is 0 Å². The fourth-order valence-corrected chi connectivity index (χ4v) is 6.68. The van der Waals surface area contributed by atoms with Crippen LogP contribution in [0.5, 0.6) is 0 Å². The summed E-state index contributed by atoms with van der Waals surface area (Å²) in [5.41, 5.74) is 0.898. The smallest absolute Gasteiger partial charge is 0.332 e. The van der Waals surface area contributed by atoms with Crippen LogP contribution in [0.3, 0.4) is 0 Å². The molecule has 1 heterocycles. The van der Waals surface area contributed by atoms with E-state index in [0.29, 0.717) is 13.0 Å². The van der Waals surface area contributed by atoms with Gasteiger partial charge in [-0.15, -0.1) is 0 Å². The van der Waals surface area contributed by atoms with E-state index in [1.165, 1.54) is 5.56 Å². The molecule has 1 aromatic carbocycles. The van der Waals surface area contributed by atoms with E-state index in [2.05, 4.69) is 54.5 Å². The maximum Gasteiger partial charge on any atom is 0.332 e. The first-order valence-electron chi connectivity index (χ1n) is 12.7. The largest absolute Gasteiger partial charge is 0.480 e. The summed E-state index contributed by atoms with van der Waals surface area (Å²) in [4.78, 5) is 28.2. The van der Waals surface area contributed by atoms with Gasteiger partial charge in [0.05, 0.1) is 5.54 Å². The third-order valence-corrected chi connectivity index (χ3v) is 9.26. The van der Waals surface area contributed by atoms with Crippen LogP contribution in [0.2, 0.25) is 0 Å².